The topological polar surface area (TPSA) is 73.9 Å². The summed E-state index contributed by atoms with van der Waals surface area (Å²) in [6, 6.07) is 15.3. The number of carbonyl (C=O) groups is 2. The first-order valence-electron chi connectivity index (χ1n) is 9.22. The summed E-state index contributed by atoms with van der Waals surface area (Å²) >= 11 is 1.65. The van der Waals surface area contributed by atoms with Crippen molar-refractivity contribution in [1.29, 1.82) is 0 Å². The molecule has 0 heterocycles. The van der Waals surface area contributed by atoms with E-state index in [9.17, 15) is 9.59 Å². The van der Waals surface area contributed by atoms with Crippen LogP contribution in [0.3, 0.4) is 0 Å². The van der Waals surface area contributed by atoms with Gasteiger partial charge in [-0.2, -0.15) is 0 Å². The molecule has 2 aromatic rings. The van der Waals surface area contributed by atoms with Crippen molar-refractivity contribution in [2.45, 2.75) is 11.8 Å². The van der Waals surface area contributed by atoms with E-state index in [1.807, 2.05) is 37.3 Å². The van der Waals surface area contributed by atoms with Crippen molar-refractivity contribution < 1.29 is 23.8 Å². The second kappa shape index (κ2) is 12.5. The minimum atomic E-state index is -0.591. The Morgan fingerprint density at radius 3 is 2.62 bits per heavy atom. The molecule has 0 aliphatic rings. The molecule has 0 saturated carbocycles. The Labute approximate surface area is 175 Å². The Kier molecular flexibility index (Phi) is 9.65. The van der Waals surface area contributed by atoms with E-state index >= 15 is 0 Å². The number of amides is 1. The molecule has 7 heteroatoms. The number of nitrogens with one attached hydrogen (secondary N) is 1. The van der Waals surface area contributed by atoms with Gasteiger partial charge in [0.25, 0.3) is 5.91 Å². The lowest BCUT2D eigenvalue weighted by Crippen LogP contribution is -2.30. The van der Waals surface area contributed by atoms with E-state index in [2.05, 4.69) is 5.32 Å². The fourth-order valence-corrected chi connectivity index (χ4v) is 3.13. The molecular formula is C22H25NO5S. The monoisotopic (exact) mass is 415 g/mol. The van der Waals surface area contributed by atoms with Crippen LogP contribution in [0.5, 0.6) is 11.5 Å². The molecule has 154 valence electrons. The lowest BCUT2D eigenvalue weighted by molar-refractivity contribution is -0.143. The number of carbonyl (C=O) groups excluding carboxylic acids is 2. The molecule has 2 aromatic carbocycles. The fourth-order valence-electron chi connectivity index (χ4n) is 2.34. The first-order valence-corrected chi connectivity index (χ1v) is 10.2. The predicted octanol–water partition coefficient (Wildman–Crippen LogP) is 3.56. The number of esters is 1. The van der Waals surface area contributed by atoms with E-state index in [0.717, 1.165) is 16.2 Å². The third kappa shape index (κ3) is 8.31. The number of rotatable bonds is 11. The molecule has 0 bridgehead atoms. The van der Waals surface area contributed by atoms with Crippen molar-refractivity contribution in [3.8, 4) is 11.5 Å². The summed E-state index contributed by atoms with van der Waals surface area (Å²) in [7, 11) is 1.55. The molecule has 0 spiro atoms. The summed E-state index contributed by atoms with van der Waals surface area (Å²) in [5.74, 6) is 1.03. The van der Waals surface area contributed by atoms with Gasteiger partial charge in [-0.25, -0.2) is 4.79 Å². The summed E-state index contributed by atoms with van der Waals surface area (Å²) < 4.78 is 15.7. The highest BCUT2D eigenvalue weighted by atomic mass is 32.2. The van der Waals surface area contributed by atoms with Gasteiger partial charge >= 0.3 is 5.97 Å². The number of methoxy groups -OCH3 is 1. The number of hydrogen-bond acceptors (Lipinski definition) is 6. The summed E-state index contributed by atoms with van der Waals surface area (Å²) in [6.07, 6.45) is 2.86. The molecule has 0 saturated heterocycles. The smallest absolute Gasteiger partial charge is 0.331 e. The Morgan fingerprint density at radius 2 is 1.90 bits per heavy atom. The number of hydrogen-bond donors (Lipinski definition) is 1. The highest BCUT2D eigenvalue weighted by molar-refractivity contribution is 7.99. The maximum absolute atomic E-state index is 11.8. The average Bonchev–Trinajstić information content (AvgIpc) is 2.75. The van der Waals surface area contributed by atoms with Crippen LogP contribution in [0.2, 0.25) is 0 Å². The summed E-state index contributed by atoms with van der Waals surface area (Å²) in [5, 5.41) is 2.72. The van der Waals surface area contributed by atoms with Crippen LogP contribution in [-0.4, -0.2) is 44.5 Å². The van der Waals surface area contributed by atoms with Gasteiger partial charge in [0, 0.05) is 23.3 Å². The van der Waals surface area contributed by atoms with E-state index in [0.29, 0.717) is 24.7 Å². The van der Waals surface area contributed by atoms with Gasteiger partial charge in [-0.3, -0.25) is 4.79 Å². The maximum atomic E-state index is 11.8. The van der Waals surface area contributed by atoms with E-state index < -0.39 is 5.97 Å². The molecular weight excluding hydrogens is 390 g/mol. The minimum Gasteiger partial charge on any atom is -0.493 e. The van der Waals surface area contributed by atoms with Crippen molar-refractivity contribution >= 4 is 29.7 Å². The van der Waals surface area contributed by atoms with E-state index in [-0.39, 0.29) is 12.5 Å². The normalized spacial score (nSPS) is 10.6. The summed E-state index contributed by atoms with van der Waals surface area (Å²) in [5.41, 5.74) is 0.754. The van der Waals surface area contributed by atoms with Crippen LogP contribution in [0.25, 0.3) is 6.08 Å². The molecule has 0 aliphatic heterocycles. The SMILES string of the molecule is CCOc1ccc(/C=C/C(=O)OCC(=O)NCCSc2ccccc2)cc1OC. The van der Waals surface area contributed by atoms with Crippen molar-refractivity contribution in [1.82, 2.24) is 5.32 Å². The third-order valence-corrected chi connectivity index (χ3v) is 4.69. The summed E-state index contributed by atoms with van der Waals surface area (Å²) in [4.78, 5) is 24.7. The quantitative estimate of drug-likeness (QED) is 0.262. The van der Waals surface area contributed by atoms with E-state index in [1.54, 1.807) is 43.1 Å². The minimum absolute atomic E-state index is 0.314. The number of ether oxygens (including phenoxy) is 3. The highest BCUT2D eigenvalue weighted by Gasteiger charge is 2.06. The first kappa shape index (κ1) is 22.4. The molecule has 0 radical (unpaired) electrons. The Balaban J connectivity index is 1.69. The fraction of sp³-hybridized carbons (Fsp3) is 0.273. The van der Waals surface area contributed by atoms with Crippen LogP contribution >= 0.6 is 11.8 Å². The van der Waals surface area contributed by atoms with Gasteiger partial charge in [0.05, 0.1) is 13.7 Å². The largest absolute Gasteiger partial charge is 0.493 e. The lowest BCUT2D eigenvalue weighted by atomic mass is 10.2. The van der Waals surface area contributed by atoms with Crippen molar-refractivity contribution in [3.63, 3.8) is 0 Å². The molecule has 6 nitrogen and oxygen atoms in total. The predicted molar refractivity (Wildman–Crippen MR) is 114 cm³/mol. The molecule has 0 aliphatic carbocycles. The van der Waals surface area contributed by atoms with Crippen LogP contribution < -0.4 is 14.8 Å². The van der Waals surface area contributed by atoms with Gasteiger partial charge in [-0.15, -0.1) is 11.8 Å². The summed E-state index contributed by atoms with van der Waals surface area (Å²) in [6.45, 7) is 2.61. The molecule has 2 rings (SSSR count). The number of benzene rings is 2. The van der Waals surface area contributed by atoms with Crippen molar-refractivity contribution in [2.75, 3.05) is 32.6 Å². The first-order chi connectivity index (χ1) is 14.1. The Hall–Kier alpha value is -2.93. The second-order valence-corrected chi connectivity index (χ2v) is 6.96. The zero-order chi connectivity index (χ0) is 20.9. The standard InChI is InChI=1S/C22H25NO5S/c1-3-27-19-11-9-17(15-20(19)26-2)10-12-22(25)28-16-21(24)23-13-14-29-18-7-5-4-6-8-18/h4-12,15H,3,13-14,16H2,1-2H3,(H,23,24)/b12-10+. The Bertz CT molecular complexity index is 823. The molecule has 0 atom stereocenters. The van der Waals surface area contributed by atoms with Crippen LogP contribution in [0.1, 0.15) is 12.5 Å². The van der Waals surface area contributed by atoms with Gasteiger partial charge in [-0.1, -0.05) is 24.3 Å². The van der Waals surface area contributed by atoms with Gasteiger partial charge < -0.3 is 19.5 Å². The molecule has 29 heavy (non-hydrogen) atoms. The average molecular weight is 416 g/mol. The lowest BCUT2D eigenvalue weighted by Gasteiger charge is -2.09. The zero-order valence-electron chi connectivity index (χ0n) is 16.6. The molecule has 0 unspecified atom stereocenters. The van der Waals surface area contributed by atoms with Crippen LogP contribution in [0.4, 0.5) is 0 Å². The molecule has 0 aromatic heterocycles. The zero-order valence-corrected chi connectivity index (χ0v) is 17.4. The second-order valence-electron chi connectivity index (χ2n) is 5.80. The van der Waals surface area contributed by atoms with E-state index in [1.165, 1.54) is 6.08 Å². The highest BCUT2D eigenvalue weighted by Crippen LogP contribution is 2.28. The molecule has 0 fully saturated rings. The van der Waals surface area contributed by atoms with Crippen LogP contribution in [-0.2, 0) is 14.3 Å². The van der Waals surface area contributed by atoms with Gasteiger partial charge in [0.15, 0.2) is 18.1 Å². The molecule has 1 amide bonds. The Morgan fingerprint density at radius 1 is 1.10 bits per heavy atom. The maximum Gasteiger partial charge on any atom is 0.331 e. The van der Waals surface area contributed by atoms with Gasteiger partial charge in [0.1, 0.15) is 0 Å². The van der Waals surface area contributed by atoms with Crippen LogP contribution in [0.15, 0.2) is 59.5 Å². The number of thioether (sulfide) groups is 1. The third-order valence-electron chi connectivity index (χ3n) is 3.68. The van der Waals surface area contributed by atoms with E-state index in [4.69, 9.17) is 14.2 Å². The molecule has 1 N–H and O–H groups in total. The van der Waals surface area contributed by atoms with Crippen LogP contribution in [0, 0.1) is 0 Å². The van der Waals surface area contributed by atoms with Gasteiger partial charge in [-0.05, 0) is 42.8 Å². The van der Waals surface area contributed by atoms with Crippen molar-refractivity contribution in [3.05, 3.63) is 60.2 Å². The van der Waals surface area contributed by atoms with Gasteiger partial charge in [0.2, 0.25) is 0 Å². The van der Waals surface area contributed by atoms with Crippen molar-refractivity contribution in [2.24, 2.45) is 0 Å².